The van der Waals surface area contributed by atoms with Gasteiger partial charge in [-0.15, -0.1) is 0 Å². The van der Waals surface area contributed by atoms with E-state index >= 15 is 0 Å². The van der Waals surface area contributed by atoms with Crippen molar-refractivity contribution in [1.82, 2.24) is 20.1 Å². The van der Waals surface area contributed by atoms with Gasteiger partial charge in [-0.1, -0.05) is 27.7 Å². The van der Waals surface area contributed by atoms with E-state index in [-0.39, 0.29) is 11.6 Å². The third kappa shape index (κ3) is 3.40. The molecule has 0 aliphatic heterocycles. The zero-order valence-electron chi connectivity index (χ0n) is 13.7. The van der Waals surface area contributed by atoms with Crippen LogP contribution < -0.4 is 11.3 Å². The van der Waals surface area contributed by atoms with E-state index in [0.29, 0.717) is 0 Å². The number of hydrogen-bond acceptors (Lipinski definition) is 4. The van der Waals surface area contributed by atoms with Gasteiger partial charge in [0.2, 0.25) is 0 Å². The number of aromatic nitrogens is 2. The van der Waals surface area contributed by atoms with Crippen LogP contribution >= 0.6 is 0 Å². The molecule has 1 rings (SSSR count). The van der Waals surface area contributed by atoms with Crippen LogP contribution in [-0.2, 0) is 6.54 Å². The van der Waals surface area contributed by atoms with E-state index in [1.165, 1.54) is 0 Å². The Morgan fingerprint density at radius 1 is 1.35 bits per heavy atom. The summed E-state index contributed by atoms with van der Waals surface area (Å²) in [5.74, 6) is 5.88. The molecule has 0 spiro atoms. The van der Waals surface area contributed by atoms with Gasteiger partial charge in [0, 0.05) is 23.8 Å². The van der Waals surface area contributed by atoms with Gasteiger partial charge in [0.1, 0.15) is 0 Å². The van der Waals surface area contributed by atoms with Gasteiger partial charge in [-0.2, -0.15) is 5.10 Å². The van der Waals surface area contributed by atoms with Crippen molar-refractivity contribution < 1.29 is 0 Å². The molecule has 0 radical (unpaired) electrons. The van der Waals surface area contributed by atoms with Crippen LogP contribution in [0.25, 0.3) is 0 Å². The summed E-state index contributed by atoms with van der Waals surface area (Å²) in [6.45, 7) is 14.0. The van der Waals surface area contributed by atoms with Gasteiger partial charge in [-0.3, -0.25) is 20.9 Å². The first kappa shape index (κ1) is 17.1. The fourth-order valence-corrected chi connectivity index (χ4v) is 3.07. The lowest BCUT2D eigenvalue weighted by atomic mass is 9.84. The highest BCUT2D eigenvalue weighted by Gasteiger charge is 2.38. The molecule has 2 atom stereocenters. The van der Waals surface area contributed by atoms with Crippen LogP contribution in [0, 0.1) is 0 Å². The van der Waals surface area contributed by atoms with Crippen LogP contribution in [-0.4, -0.2) is 33.3 Å². The Morgan fingerprint density at radius 3 is 2.45 bits per heavy atom. The predicted molar refractivity (Wildman–Crippen MR) is 84.2 cm³/mol. The number of nitrogens with zero attached hydrogens (tertiary/aromatic N) is 3. The Labute approximate surface area is 123 Å². The zero-order chi connectivity index (χ0) is 15.2. The minimum atomic E-state index is -0.0155. The topological polar surface area (TPSA) is 59.1 Å². The van der Waals surface area contributed by atoms with Crippen LogP contribution in [0.3, 0.4) is 0 Å². The summed E-state index contributed by atoms with van der Waals surface area (Å²) in [6, 6.07) is 0.0815. The molecule has 20 heavy (non-hydrogen) atoms. The Bertz CT molecular complexity index is 385. The van der Waals surface area contributed by atoms with Crippen molar-refractivity contribution in [3.8, 4) is 0 Å². The summed E-state index contributed by atoms with van der Waals surface area (Å²) < 4.78 is 2.00. The number of likely N-dealkylation sites (N-methyl/N-ethyl adjacent to an activating group) is 1. The highest BCUT2D eigenvalue weighted by atomic mass is 15.3. The van der Waals surface area contributed by atoms with Gasteiger partial charge in [0.25, 0.3) is 0 Å². The quantitative estimate of drug-likeness (QED) is 0.539. The Balaban J connectivity index is 3.06. The molecule has 5 nitrogen and oxygen atoms in total. The minimum Gasteiger partial charge on any atom is -0.297 e. The molecule has 3 N–H and O–H groups in total. The Hall–Kier alpha value is -0.910. The van der Waals surface area contributed by atoms with Gasteiger partial charge in [0.15, 0.2) is 0 Å². The number of nitrogens with one attached hydrogen (secondary N) is 1. The lowest BCUT2D eigenvalue weighted by Crippen LogP contribution is -2.55. The molecular formula is C15H31N5. The van der Waals surface area contributed by atoms with Gasteiger partial charge in [-0.05, 0) is 32.9 Å². The first-order valence-corrected chi connectivity index (χ1v) is 7.80. The standard InChI is InChI=1S/C15H31N5/c1-6-10-20-12-13(11-17-20)14(18-16)15(5,7-2)19(8-3)9-4/h11-12,14,18H,6-10,16H2,1-5H3. The molecule has 0 saturated heterocycles. The fraction of sp³-hybridized carbons (Fsp3) is 0.800. The Kier molecular flexibility index (Phi) is 6.65. The predicted octanol–water partition coefficient (Wildman–Crippen LogP) is 2.31. The fourth-order valence-electron chi connectivity index (χ4n) is 3.07. The number of rotatable bonds is 9. The molecule has 0 amide bonds. The van der Waals surface area contributed by atoms with Gasteiger partial charge < -0.3 is 0 Å². The lowest BCUT2D eigenvalue weighted by Gasteiger charge is -2.45. The molecule has 0 saturated carbocycles. The normalized spacial score (nSPS) is 16.4. The van der Waals surface area contributed by atoms with Gasteiger partial charge >= 0.3 is 0 Å². The van der Waals surface area contributed by atoms with E-state index in [0.717, 1.165) is 38.0 Å². The molecule has 0 bridgehead atoms. The van der Waals surface area contributed by atoms with Gasteiger partial charge in [-0.25, -0.2) is 0 Å². The second kappa shape index (κ2) is 7.76. The third-order valence-electron chi connectivity index (χ3n) is 4.43. The number of aryl methyl sites for hydroxylation is 1. The largest absolute Gasteiger partial charge is 0.297 e. The first-order valence-electron chi connectivity index (χ1n) is 7.80. The van der Waals surface area contributed by atoms with Crippen LogP contribution in [0.2, 0.25) is 0 Å². The maximum absolute atomic E-state index is 5.88. The van der Waals surface area contributed by atoms with E-state index in [1.807, 2.05) is 10.9 Å². The summed E-state index contributed by atoms with van der Waals surface area (Å²) in [5.41, 5.74) is 4.17. The number of hydrogen-bond donors (Lipinski definition) is 2. The van der Waals surface area contributed by atoms with Crippen molar-refractivity contribution in [2.45, 2.75) is 65.6 Å². The van der Waals surface area contributed by atoms with Crippen LogP contribution in [0.5, 0.6) is 0 Å². The number of nitrogens with two attached hydrogens (primary N) is 1. The number of hydrazine groups is 1. The highest BCUT2D eigenvalue weighted by Crippen LogP contribution is 2.33. The van der Waals surface area contributed by atoms with E-state index in [2.05, 4.69) is 56.2 Å². The van der Waals surface area contributed by atoms with Crippen molar-refractivity contribution >= 4 is 0 Å². The average molecular weight is 281 g/mol. The van der Waals surface area contributed by atoms with Crippen LogP contribution in [0.1, 0.15) is 59.1 Å². The molecule has 0 aliphatic rings. The van der Waals surface area contributed by atoms with Crippen LogP contribution in [0.15, 0.2) is 12.4 Å². The molecule has 1 aromatic heterocycles. The second-order valence-corrected chi connectivity index (χ2v) is 5.52. The second-order valence-electron chi connectivity index (χ2n) is 5.52. The van der Waals surface area contributed by atoms with E-state index in [9.17, 15) is 0 Å². The monoisotopic (exact) mass is 281 g/mol. The van der Waals surface area contributed by atoms with E-state index in [4.69, 9.17) is 5.84 Å². The summed E-state index contributed by atoms with van der Waals surface area (Å²) in [7, 11) is 0. The molecule has 116 valence electrons. The molecule has 0 aliphatic carbocycles. The molecule has 2 unspecified atom stereocenters. The van der Waals surface area contributed by atoms with E-state index in [1.54, 1.807) is 0 Å². The average Bonchev–Trinajstić information content (AvgIpc) is 2.89. The molecular weight excluding hydrogens is 250 g/mol. The highest BCUT2D eigenvalue weighted by molar-refractivity contribution is 5.17. The molecule has 1 heterocycles. The minimum absolute atomic E-state index is 0.0155. The molecule has 5 heteroatoms. The smallest absolute Gasteiger partial charge is 0.0671 e. The van der Waals surface area contributed by atoms with Crippen molar-refractivity contribution in [3.05, 3.63) is 18.0 Å². The zero-order valence-corrected chi connectivity index (χ0v) is 13.7. The molecule has 1 aromatic rings. The maximum Gasteiger partial charge on any atom is 0.0671 e. The van der Waals surface area contributed by atoms with Crippen molar-refractivity contribution in [3.63, 3.8) is 0 Å². The van der Waals surface area contributed by atoms with Crippen molar-refractivity contribution in [2.75, 3.05) is 13.1 Å². The summed E-state index contributed by atoms with van der Waals surface area (Å²) in [5, 5.41) is 4.44. The van der Waals surface area contributed by atoms with Crippen molar-refractivity contribution in [2.24, 2.45) is 5.84 Å². The molecule has 0 aromatic carbocycles. The first-order chi connectivity index (χ1) is 9.57. The maximum atomic E-state index is 5.88. The van der Waals surface area contributed by atoms with Crippen molar-refractivity contribution in [1.29, 1.82) is 0 Å². The lowest BCUT2D eigenvalue weighted by molar-refractivity contribution is 0.0698. The third-order valence-corrected chi connectivity index (χ3v) is 4.43. The summed E-state index contributed by atoms with van der Waals surface area (Å²) in [4.78, 5) is 2.47. The van der Waals surface area contributed by atoms with E-state index < -0.39 is 0 Å². The summed E-state index contributed by atoms with van der Waals surface area (Å²) in [6.07, 6.45) is 6.18. The SMILES string of the molecule is CCCn1cc(C(NN)C(C)(CC)N(CC)CC)cn1. The Morgan fingerprint density at radius 2 is 2.00 bits per heavy atom. The molecule has 0 fully saturated rings. The van der Waals surface area contributed by atoms with Crippen LogP contribution in [0.4, 0.5) is 0 Å². The van der Waals surface area contributed by atoms with Gasteiger partial charge in [0.05, 0.1) is 12.2 Å². The summed E-state index contributed by atoms with van der Waals surface area (Å²) >= 11 is 0.